The highest BCUT2D eigenvalue weighted by atomic mass is 16.6. The molecule has 0 saturated carbocycles. The minimum atomic E-state index is -1.51. The third-order valence-corrected chi connectivity index (χ3v) is 1.47. The molecule has 1 N–H and O–H groups in total. The van der Waals surface area contributed by atoms with Gasteiger partial charge in [0.25, 0.3) is 0 Å². The van der Waals surface area contributed by atoms with E-state index >= 15 is 0 Å². The average molecular weight is 230 g/mol. The van der Waals surface area contributed by atoms with Gasteiger partial charge in [-0.25, -0.2) is 4.79 Å². The van der Waals surface area contributed by atoms with E-state index < -0.39 is 23.7 Å². The topological polar surface area (TPSA) is 95.5 Å². The molecule has 6 nitrogen and oxygen atoms in total. The fraction of sp³-hybridized carbons (Fsp3) is 0.700. The second kappa shape index (κ2) is 5.48. The summed E-state index contributed by atoms with van der Waals surface area (Å²) in [5, 5.41) is 12.7. The molecule has 0 aliphatic carbocycles. The number of nitrogens with one attached hydrogen (secondary N) is 1. The summed E-state index contributed by atoms with van der Waals surface area (Å²) < 4.78 is 4.85. The molecule has 1 amide bonds. The van der Waals surface area contributed by atoms with E-state index in [0.717, 1.165) is 0 Å². The lowest BCUT2D eigenvalue weighted by Gasteiger charge is -2.23. The zero-order chi connectivity index (χ0) is 12.9. The Kier molecular flexibility index (Phi) is 4.94. The average Bonchev–Trinajstić information content (AvgIpc) is 1.97. The molecule has 0 rings (SSSR count). The van der Waals surface area contributed by atoms with Crippen molar-refractivity contribution in [3.8, 4) is 0 Å². The molecule has 16 heavy (non-hydrogen) atoms. The van der Waals surface area contributed by atoms with Crippen LogP contribution in [0.2, 0.25) is 0 Å². The van der Waals surface area contributed by atoms with Crippen LogP contribution in [0.15, 0.2) is 0 Å². The van der Waals surface area contributed by atoms with E-state index in [4.69, 9.17) is 4.74 Å². The molecule has 0 heterocycles. The highest BCUT2D eigenvalue weighted by molar-refractivity contribution is 5.86. The quantitative estimate of drug-likeness (QED) is 0.709. The first-order valence-electron chi connectivity index (χ1n) is 4.81. The van der Waals surface area contributed by atoms with Crippen molar-refractivity contribution in [1.82, 2.24) is 5.32 Å². The first kappa shape index (κ1) is 14.4. The number of carboxylic acids is 1. The molecule has 0 aromatic carbocycles. The summed E-state index contributed by atoms with van der Waals surface area (Å²) in [6.45, 7) is 6.16. The summed E-state index contributed by atoms with van der Waals surface area (Å²) >= 11 is 0. The van der Waals surface area contributed by atoms with Crippen LogP contribution >= 0.6 is 0 Å². The van der Waals surface area contributed by atoms with Crippen LogP contribution in [0, 0.1) is 0 Å². The SMILES string of the molecule is CC(=O)CC(NC(=O)OC(C)(C)C)C(=O)[O-]. The molecule has 0 aliphatic rings. The van der Waals surface area contributed by atoms with Gasteiger partial charge in [-0.1, -0.05) is 0 Å². The van der Waals surface area contributed by atoms with Gasteiger partial charge in [0.1, 0.15) is 11.4 Å². The Morgan fingerprint density at radius 2 is 1.81 bits per heavy atom. The molecule has 6 heteroatoms. The minimum Gasteiger partial charge on any atom is -0.548 e. The summed E-state index contributed by atoms with van der Waals surface area (Å²) in [6, 6.07) is -1.35. The third-order valence-electron chi connectivity index (χ3n) is 1.47. The number of amides is 1. The number of Topliss-reactive ketones (excluding diaryl/α,β-unsaturated/α-hetero) is 1. The molecule has 92 valence electrons. The van der Waals surface area contributed by atoms with Gasteiger partial charge >= 0.3 is 6.09 Å². The zero-order valence-electron chi connectivity index (χ0n) is 9.83. The number of hydrogen-bond donors (Lipinski definition) is 1. The van der Waals surface area contributed by atoms with Gasteiger partial charge in [-0.3, -0.25) is 4.79 Å². The summed E-state index contributed by atoms with van der Waals surface area (Å²) in [5.41, 5.74) is -0.725. The van der Waals surface area contributed by atoms with Crippen LogP contribution in [0.25, 0.3) is 0 Å². The maximum absolute atomic E-state index is 11.2. The fourth-order valence-electron chi connectivity index (χ4n) is 0.931. The number of carbonyl (C=O) groups is 3. The minimum absolute atomic E-state index is 0.318. The van der Waals surface area contributed by atoms with Crippen molar-refractivity contribution in [3.63, 3.8) is 0 Å². The number of carbonyl (C=O) groups excluding carboxylic acids is 3. The van der Waals surface area contributed by atoms with Crippen molar-refractivity contribution in [3.05, 3.63) is 0 Å². The number of hydrogen-bond acceptors (Lipinski definition) is 5. The van der Waals surface area contributed by atoms with Gasteiger partial charge in [-0.05, 0) is 27.7 Å². The standard InChI is InChI=1S/C10H17NO5/c1-6(12)5-7(8(13)14)11-9(15)16-10(2,3)4/h7H,5H2,1-4H3,(H,11,15)(H,13,14)/p-1. The highest BCUT2D eigenvalue weighted by Gasteiger charge is 2.20. The van der Waals surface area contributed by atoms with E-state index in [9.17, 15) is 19.5 Å². The number of ether oxygens (including phenoxy) is 1. The Morgan fingerprint density at radius 3 is 2.12 bits per heavy atom. The van der Waals surface area contributed by atoms with Crippen molar-refractivity contribution >= 4 is 17.8 Å². The molecular formula is C10H16NO5-. The summed E-state index contributed by atoms with van der Waals surface area (Å²) in [7, 11) is 0. The first-order valence-corrected chi connectivity index (χ1v) is 4.81. The number of carboxylic acid groups (broad SMARTS) is 1. The Bertz CT molecular complexity index is 292. The van der Waals surface area contributed by atoms with Gasteiger partial charge < -0.3 is 20.0 Å². The van der Waals surface area contributed by atoms with E-state index in [2.05, 4.69) is 5.32 Å². The highest BCUT2D eigenvalue weighted by Crippen LogP contribution is 2.07. The van der Waals surface area contributed by atoms with Crippen molar-refractivity contribution < 1.29 is 24.2 Å². The van der Waals surface area contributed by atoms with Gasteiger partial charge in [-0.15, -0.1) is 0 Å². The Balaban J connectivity index is 4.35. The van der Waals surface area contributed by atoms with Crippen molar-refractivity contribution in [2.24, 2.45) is 0 Å². The van der Waals surface area contributed by atoms with Crippen molar-refractivity contribution in [2.45, 2.75) is 45.8 Å². The van der Waals surface area contributed by atoms with E-state index in [0.29, 0.717) is 0 Å². The monoisotopic (exact) mass is 230 g/mol. The normalized spacial score (nSPS) is 12.8. The lowest BCUT2D eigenvalue weighted by Crippen LogP contribution is -2.50. The molecule has 0 radical (unpaired) electrons. The molecule has 0 spiro atoms. The lowest BCUT2D eigenvalue weighted by atomic mass is 10.1. The molecule has 0 saturated heterocycles. The molecule has 0 aromatic rings. The molecule has 0 aromatic heterocycles. The van der Waals surface area contributed by atoms with Crippen LogP contribution in [-0.2, 0) is 14.3 Å². The number of alkyl carbamates (subject to hydrolysis) is 1. The van der Waals surface area contributed by atoms with Crippen molar-refractivity contribution in [1.29, 1.82) is 0 Å². The predicted molar refractivity (Wildman–Crippen MR) is 53.5 cm³/mol. The second-order valence-corrected chi connectivity index (χ2v) is 4.42. The first-order chi connectivity index (χ1) is 7.11. The van der Waals surface area contributed by atoms with Gasteiger partial charge in [0.15, 0.2) is 0 Å². The number of aliphatic carboxylic acids is 1. The van der Waals surface area contributed by atoms with E-state index in [-0.39, 0.29) is 12.2 Å². The van der Waals surface area contributed by atoms with E-state index in [1.807, 2.05) is 0 Å². The predicted octanol–water partition coefficient (Wildman–Crippen LogP) is -0.391. The Labute approximate surface area is 94.0 Å². The number of ketones is 1. The molecule has 1 unspecified atom stereocenters. The fourth-order valence-corrected chi connectivity index (χ4v) is 0.931. The second-order valence-electron chi connectivity index (χ2n) is 4.42. The summed E-state index contributed by atoms with van der Waals surface area (Å²) in [4.78, 5) is 32.6. The lowest BCUT2D eigenvalue weighted by molar-refractivity contribution is -0.308. The molecule has 1 atom stereocenters. The zero-order valence-corrected chi connectivity index (χ0v) is 9.83. The van der Waals surface area contributed by atoms with E-state index in [1.54, 1.807) is 20.8 Å². The number of rotatable bonds is 4. The van der Waals surface area contributed by atoms with Gasteiger partial charge in [0.05, 0.1) is 12.0 Å². The third kappa shape index (κ3) is 6.80. The van der Waals surface area contributed by atoms with Crippen LogP contribution < -0.4 is 10.4 Å². The Morgan fingerprint density at radius 1 is 1.31 bits per heavy atom. The van der Waals surface area contributed by atoms with Gasteiger partial charge in [0, 0.05) is 6.42 Å². The smallest absolute Gasteiger partial charge is 0.408 e. The molecular weight excluding hydrogens is 214 g/mol. The van der Waals surface area contributed by atoms with Crippen LogP contribution in [0.5, 0.6) is 0 Å². The van der Waals surface area contributed by atoms with Crippen LogP contribution in [0.4, 0.5) is 4.79 Å². The van der Waals surface area contributed by atoms with Gasteiger partial charge in [-0.2, -0.15) is 0 Å². The summed E-state index contributed by atoms with van der Waals surface area (Å²) in [6.07, 6.45) is -1.20. The summed E-state index contributed by atoms with van der Waals surface area (Å²) in [5.74, 6) is -1.87. The maximum atomic E-state index is 11.2. The van der Waals surface area contributed by atoms with Crippen LogP contribution in [0.3, 0.4) is 0 Å². The van der Waals surface area contributed by atoms with Gasteiger partial charge in [0.2, 0.25) is 0 Å². The van der Waals surface area contributed by atoms with Crippen LogP contribution in [0.1, 0.15) is 34.1 Å². The largest absolute Gasteiger partial charge is 0.548 e. The van der Waals surface area contributed by atoms with Crippen LogP contribution in [-0.4, -0.2) is 29.5 Å². The maximum Gasteiger partial charge on any atom is 0.408 e. The Hall–Kier alpha value is -1.59. The molecule has 0 aliphatic heterocycles. The molecule has 0 bridgehead atoms. The van der Waals surface area contributed by atoms with E-state index in [1.165, 1.54) is 6.92 Å². The van der Waals surface area contributed by atoms with Crippen molar-refractivity contribution in [2.75, 3.05) is 0 Å². The molecule has 0 fully saturated rings.